The molecule has 3 aromatic rings. The summed E-state index contributed by atoms with van der Waals surface area (Å²) >= 11 is 0. The van der Waals surface area contributed by atoms with Crippen LogP contribution >= 0.6 is 0 Å². The minimum absolute atomic E-state index is 0.130. The van der Waals surface area contributed by atoms with E-state index in [4.69, 9.17) is 18.6 Å². The third-order valence-corrected chi connectivity index (χ3v) is 4.64. The molecule has 0 bridgehead atoms. The predicted octanol–water partition coefficient (Wildman–Crippen LogP) is 3.30. The number of furan rings is 1. The molecule has 0 aliphatic carbocycles. The molecule has 1 atom stereocenters. The Morgan fingerprint density at radius 3 is 2.23 bits per heavy atom. The minimum atomic E-state index is -0.215. The maximum Gasteiger partial charge on any atom is 0.234 e. The highest BCUT2D eigenvalue weighted by molar-refractivity contribution is 5.78. The van der Waals surface area contributed by atoms with Crippen LogP contribution in [0.3, 0.4) is 0 Å². The first kappa shape index (κ1) is 21.3. The topological polar surface area (TPSA) is 82.0 Å². The molecule has 0 saturated heterocycles. The molecule has 0 unspecified atom stereocenters. The van der Waals surface area contributed by atoms with E-state index in [-0.39, 0.29) is 18.5 Å². The number of methoxy groups -OCH3 is 3. The fourth-order valence-electron chi connectivity index (χ4n) is 3.18. The lowest BCUT2D eigenvalue weighted by molar-refractivity contribution is -0.120. The maximum absolute atomic E-state index is 12.5. The van der Waals surface area contributed by atoms with Crippen LogP contribution in [0.5, 0.6) is 17.2 Å². The van der Waals surface area contributed by atoms with Gasteiger partial charge in [0.25, 0.3) is 0 Å². The summed E-state index contributed by atoms with van der Waals surface area (Å²) in [7, 11) is 4.67. The Morgan fingerprint density at radius 2 is 1.67 bits per heavy atom. The van der Waals surface area contributed by atoms with Gasteiger partial charge in [0.2, 0.25) is 11.7 Å². The van der Waals surface area contributed by atoms with Gasteiger partial charge in [0.05, 0.1) is 40.2 Å². The molecule has 1 amide bonds. The van der Waals surface area contributed by atoms with Gasteiger partial charge in [-0.05, 0) is 35.4 Å². The molecule has 158 valence electrons. The summed E-state index contributed by atoms with van der Waals surface area (Å²) in [6.07, 6.45) is 1.62. The molecule has 7 heteroatoms. The molecule has 0 radical (unpaired) electrons. The van der Waals surface area contributed by atoms with Crippen molar-refractivity contribution >= 4 is 5.91 Å². The molecular formula is C23H26N2O5. The van der Waals surface area contributed by atoms with Gasteiger partial charge in [-0.2, -0.15) is 0 Å². The van der Waals surface area contributed by atoms with Crippen molar-refractivity contribution in [3.63, 3.8) is 0 Å². The first-order valence-corrected chi connectivity index (χ1v) is 9.53. The van der Waals surface area contributed by atoms with Crippen molar-refractivity contribution in [2.45, 2.75) is 12.6 Å². The summed E-state index contributed by atoms with van der Waals surface area (Å²) in [5.74, 6) is 2.21. The lowest BCUT2D eigenvalue weighted by Crippen LogP contribution is -2.35. The van der Waals surface area contributed by atoms with Crippen molar-refractivity contribution in [3.05, 3.63) is 77.7 Å². The molecule has 1 aromatic heterocycles. The van der Waals surface area contributed by atoms with Crippen LogP contribution in [0.4, 0.5) is 0 Å². The molecular weight excluding hydrogens is 384 g/mol. The second kappa shape index (κ2) is 10.4. The average Bonchev–Trinajstić information content (AvgIpc) is 3.32. The summed E-state index contributed by atoms with van der Waals surface area (Å²) in [6, 6.07) is 17.0. The Bertz CT molecular complexity index is 916. The Labute approximate surface area is 175 Å². The standard InChI is InChI=1S/C23H26N2O5/c1-27-19-12-16(13-20(28-2)23(19)29-3)14-24-21(26)15-25-22(18-10-7-11-30-18)17-8-5-4-6-9-17/h4-13,22,25H,14-15H2,1-3H3,(H,24,26)/t22-/m1/s1. The summed E-state index contributed by atoms with van der Waals surface area (Å²) in [5, 5.41) is 6.17. The largest absolute Gasteiger partial charge is 0.493 e. The van der Waals surface area contributed by atoms with E-state index in [9.17, 15) is 4.79 Å². The van der Waals surface area contributed by atoms with E-state index in [2.05, 4.69) is 10.6 Å². The number of amides is 1. The summed E-state index contributed by atoms with van der Waals surface area (Å²) in [5.41, 5.74) is 1.85. The molecule has 1 heterocycles. The number of carbonyl (C=O) groups excluding carboxylic acids is 1. The molecule has 2 aromatic carbocycles. The van der Waals surface area contributed by atoms with E-state index in [0.717, 1.165) is 16.9 Å². The second-order valence-electron chi connectivity index (χ2n) is 6.55. The SMILES string of the molecule is COc1cc(CNC(=O)CN[C@H](c2ccccc2)c2ccco2)cc(OC)c1OC. The van der Waals surface area contributed by atoms with Gasteiger partial charge in [0.1, 0.15) is 5.76 Å². The van der Waals surface area contributed by atoms with E-state index in [1.807, 2.05) is 54.6 Å². The molecule has 0 spiro atoms. The lowest BCUT2D eigenvalue weighted by atomic mass is 10.0. The number of hydrogen-bond donors (Lipinski definition) is 2. The first-order valence-electron chi connectivity index (χ1n) is 9.53. The zero-order valence-corrected chi connectivity index (χ0v) is 17.3. The molecule has 0 fully saturated rings. The highest BCUT2D eigenvalue weighted by Gasteiger charge is 2.18. The van der Waals surface area contributed by atoms with Crippen LogP contribution < -0.4 is 24.8 Å². The number of carbonyl (C=O) groups is 1. The van der Waals surface area contributed by atoms with E-state index in [1.165, 1.54) is 0 Å². The zero-order valence-electron chi connectivity index (χ0n) is 17.3. The monoisotopic (exact) mass is 410 g/mol. The average molecular weight is 410 g/mol. The molecule has 0 aliphatic rings. The van der Waals surface area contributed by atoms with Gasteiger partial charge in [0.15, 0.2) is 11.5 Å². The molecule has 2 N–H and O–H groups in total. The Kier molecular flexibility index (Phi) is 7.34. The first-order chi connectivity index (χ1) is 14.7. The van der Waals surface area contributed by atoms with Crippen LogP contribution in [0, 0.1) is 0 Å². The number of nitrogens with one attached hydrogen (secondary N) is 2. The molecule has 0 aliphatic heterocycles. The smallest absolute Gasteiger partial charge is 0.234 e. The Balaban J connectivity index is 1.63. The summed E-state index contributed by atoms with van der Waals surface area (Å²) < 4.78 is 21.6. The van der Waals surface area contributed by atoms with Crippen molar-refractivity contribution in [1.29, 1.82) is 0 Å². The lowest BCUT2D eigenvalue weighted by Gasteiger charge is -2.17. The van der Waals surface area contributed by atoms with Crippen molar-refractivity contribution < 1.29 is 23.4 Å². The number of hydrogen-bond acceptors (Lipinski definition) is 6. The zero-order chi connectivity index (χ0) is 21.3. The van der Waals surface area contributed by atoms with Crippen molar-refractivity contribution in [1.82, 2.24) is 10.6 Å². The number of ether oxygens (including phenoxy) is 3. The van der Waals surface area contributed by atoms with Gasteiger partial charge in [-0.1, -0.05) is 30.3 Å². The van der Waals surface area contributed by atoms with Gasteiger partial charge in [-0.25, -0.2) is 0 Å². The van der Waals surface area contributed by atoms with Crippen LogP contribution in [0.1, 0.15) is 22.9 Å². The van der Waals surface area contributed by atoms with Gasteiger partial charge in [-0.15, -0.1) is 0 Å². The van der Waals surface area contributed by atoms with Crippen LogP contribution in [0.2, 0.25) is 0 Å². The van der Waals surface area contributed by atoms with E-state index >= 15 is 0 Å². The van der Waals surface area contributed by atoms with Crippen LogP contribution in [0.25, 0.3) is 0 Å². The minimum Gasteiger partial charge on any atom is -0.493 e. The summed E-state index contributed by atoms with van der Waals surface area (Å²) in [6.45, 7) is 0.457. The normalized spacial score (nSPS) is 11.6. The molecule has 0 saturated carbocycles. The predicted molar refractivity (Wildman–Crippen MR) is 113 cm³/mol. The third-order valence-electron chi connectivity index (χ3n) is 4.64. The van der Waals surface area contributed by atoms with Crippen LogP contribution in [-0.4, -0.2) is 33.8 Å². The van der Waals surface area contributed by atoms with E-state index in [0.29, 0.717) is 23.8 Å². The van der Waals surface area contributed by atoms with E-state index < -0.39 is 0 Å². The Hall–Kier alpha value is -3.45. The Morgan fingerprint density at radius 1 is 0.967 bits per heavy atom. The second-order valence-corrected chi connectivity index (χ2v) is 6.55. The van der Waals surface area contributed by atoms with E-state index in [1.54, 1.807) is 27.6 Å². The summed E-state index contributed by atoms with van der Waals surface area (Å²) in [4.78, 5) is 12.5. The van der Waals surface area contributed by atoms with Gasteiger partial charge < -0.3 is 23.9 Å². The molecule has 3 rings (SSSR count). The fraction of sp³-hybridized carbons (Fsp3) is 0.261. The quantitative estimate of drug-likeness (QED) is 0.534. The van der Waals surface area contributed by atoms with Gasteiger partial charge in [-0.3, -0.25) is 10.1 Å². The number of rotatable bonds is 10. The van der Waals surface area contributed by atoms with Crippen molar-refractivity contribution in [3.8, 4) is 17.2 Å². The highest BCUT2D eigenvalue weighted by Crippen LogP contribution is 2.38. The third kappa shape index (κ3) is 5.12. The van der Waals surface area contributed by atoms with Crippen molar-refractivity contribution in [2.75, 3.05) is 27.9 Å². The number of benzene rings is 2. The highest BCUT2D eigenvalue weighted by atomic mass is 16.5. The van der Waals surface area contributed by atoms with Crippen LogP contribution in [-0.2, 0) is 11.3 Å². The maximum atomic E-state index is 12.5. The van der Waals surface area contributed by atoms with Crippen molar-refractivity contribution in [2.24, 2.45) is 0 Å². The molecule has 30 heavy (non-hydrogen) atoms. The van der Waals surface area contributed by atoms with Gasteiger partial charge >= 0.3 is 0 Å². The fourth-order valence-corrected chi connectivity index (χ4v) is 3.18. The molecule has 7 nitrogen and oxygen atoms in total. The van der Waals surface area contributed by atoms with Crippen LogP contribution in [0.15, 0.2) is 65.3 Å². The van der Waals surface area contributed by atoms with Gasteiger partial charge in [0, 0.05) is 6.54 Å².